The van der Waals surface area contributed by atoms with Gasteiger partial charge in [0.05, 0.1) is 10.4 Å². The monoisotopic (exact) mass is 521 g/mol. The summed E-state index contributed by atoms with van der Waals surface area (Å²) in [6, 6.07) is 13.9. The van der Waals surface area contributed by atoms with E-state index in [0.717, 1.165) is 22.0 Å². The van der Waals surface area contributed by atoms with Crippen molar-refractivity contribution in [1.29, 1.82) is 0 Å². The minimum absolute atomic E-state index is 0.0135. The number of ether oxygens (including phenoxy) is 2. The lowest BCUT2D eigenvalue weighted by atomic mass is 10.1. The Hall–Kier alpha value is -4.14. The maximum atomic E-state index is 12.9. The Labute approximate surface area is 222 Å². The van der Waals surface area contributed by atoms with Crippen molar-refractivity contribution in [2.75, 3.05) is 6.54 Å². The molecule has 0 fully saturated rings. The van der Waals surface area contributed by atoms with Gasteiger partial charge in [0.15, 0.2) is 0 Å². The van der Waals surface area contributed by atoms with E-state index in [-0.39, 0.29) is 5.69 Å². The molecular formula is C29H35N3O6. The molecule has 0 atom stereocenters. The van der Waals surface area contributed by atoms with Gasteiger partial charge in [0.1, 0.15) is 11.2 Å². The molecule has 0 aliphatic rings. The fraction of sp³-hybridized carbons (Fsp3) is 0.379. The molecule has 1 heterocycles. The molecule has 9 heteroatoms. The van der Waals surface area contributed by atoms with Gasteiger partial charge in [0, 0.05) is 49.1 Å². The molecule has 3 aromatic rings. The van der Waals surface area contributed by atoms with E-state index in [9.17, 15) is 19.7 Å². The second-order valence-corrected chi connectivity index (χ2v) is 11.0. The van der Waals surface area contributed by atoms with E-state index >= 15 is 0 Å². The van der Waals surface area contributed by atoms with Crippen molar-refractivity contribution < 1.29 is 24.0 Å². The molecule has 0 saturated heterocycles. The molecule has 202 valence electrons. The summed E-state index contributed by atoms with van der Waals surface area (Å²) in [5.74, 6) is -0.465. The fourth-order valence-corrected chi connectivity index (χ4v) is 3.84. The zero-order valence-corrected chi connectivity index (χ0v) is 22.8. The van der Waals surface area contributed by atoms with Crippen molar-refractivity contribution >= 4 is 28.7 Å². The van der Waals surface area contributed by atoms with E-state index in [1.165, 1.54) is 22.8 Å². The maximum absolute atomic E-state index is 12.9. The van der Waals surface area contributed by atoms with Gasteiger partial charge < -0.3 is 14.4 Å². The first-order valence-corrected chi connectivity index (χ1v) is 12.4. The summed E-state index contributed by atoms with van der Waals surface area (Å²) in [5, 5.41) is 12.0. The lowest BCUT2D eigenvalue weighted by Crippen LogP contribution is -2.26. The number of rotatable bonds is 8. The van der Waals surface area contributed by atoms with Crippen LogP contribution in [0.3, 0.4) is 0 Å². The molecular weight excluding hydrogens is 486 g/mol. The Bertz CT molecular complexity index is 1330. The predicted octanol–water partition coefficient (Wildman–Crippen LogP) is 6.23. The van der Waals surface area contributed by atoms with E-state index in [1.54, 1.807) is 45.3 Å². The lowest BCUT2D eigenvalue weighted by molar-refractivity contribution is -0.384. The van der Waals surface area contributed by atoms with E-state index in [1.807, 2.05) is 49.9 Å². The summed E-state index contributed by atoms with van der Waals surface area (Å²) in [7, 11) is 0. The number of fused-ring (bicyclic) bond motifs is 1. The summed E-state index contributed by atoms with van der Waals surface area (Å²) >= 11 is 0. The van der Waals surface area contributed by atoms with Crippen LogP contribution >= 0.6 is 0 Å². The van der Waals surface area contributed by atoms with Crippen LogP contribution in [0.2, 0.25) is 0 Å². The maximum Gasteiger partial charge on any atom is 0.419 e. The number of nitro benzene ring substituents is 1. The standard InChI is InChI=1S/C29H35N3O6/c1-28(2,3)37-26(33)16-18-30(19-21-11-13-23(14-12-21)32(35)36)17-15-22-20-31(27(34)38-29(4,5)6)25-10-8-7-9-24(22)25/h7-14,16,18,20H,15,17,19H2,1-6H3/b18-16+. The minimum atomic E-state index is -0.628. The van der Waals surface area contributed by atoms with E-state index in [0.29, 0.717) is 19.5 Å². The van der Waals surface area contributed by atoms with Gasteiger partial charge in [-0.2, -0.15) is 0 Å². The van der Waals surface area contributed by atoms with Crippen LogP contribution in [-0.2, 0) is 27.2 Å². The number of benzene rings is 2. The van der Waals surface area contributed by atoms with Gasteiger partial charge in [-0.3, -0.25) is 14.7 Å². The van der Waals surface area contributed by atoms with Gasteiger partial charge in [-0.05, 0) is 65.2 Å². The third-order valence-corrected chi connectivity index (χ3v) is 5.41. The molecule has 0 bridgehead atoms. The predicted molar refractivity (Wildman–Crippen MR) is 146 cm³/mol. The van der Waals surface area contributed by atoms with Gasteiger partial charge in [-0.1, -0.05) is 30.3 Å². The summed E-state index contributed by atoms with van der Waals surface area (Å²) in [5.41, 5.74) is 1.32. The summed E-state index contributed by atoms with van der Waals surface area (Å²) < 4.78 is 12.5. The minimum Gasteiger partial charge on any atom is -0.457 e. The van der Waals surface area contributed by atoms with Gasteiger partial charge >= 0.3 is 12.1 Å². The fourth-order valence-electron chi connectivity index (χ4n) is 3.84. The van der Waals surface area contributed by atoms with Crippen LogP contribution < -0.4 is 0 Å². The molecule has 2 aromatic carbocycles. The molecule has 0 spiro atoms. The molecule has 3 rings (SSSR count). The molecule has 1 aromatic heterocycles. The molecule has 0 aliphatic carbocycles. The Balaban J connectivity index is 1.85. The average molecular weight is 522 g/mol. The number of esters is 1. The molecule has 0 saturated carbocycles. The highest BCUT2D eigenvalue weighted by Crippen LogP contribution is 2.24. The highest BCUT2D eigenvalue weighted by molar-refractivity contribution is 5.92. The highest BCUT2D eigenvalue weighted by atomic mass is 16.6. The van der Waals surface area contributed by atoms with Crippen LogP contribution in [-0.4, -0.2) is 44.2 Å². The molecule has 0 unspecified atom stereocenters. The number of aromatic nitrogens is 1. The normalized spacial score (nSPS) is 12.1. The smallest absolute Gasteiger partial charge is 0.419 e. The molecule has 9 nitrogen and oxygen atoms in total. The van der Waals surface area contributed by atoms with Crippen molar-refractivity contribution in [1.82, 2.24) is 9.47 Å². The number of carbonyl (C=O) groups is 2. The Morgan fingerprint density at radius 3 is 2.21 bits per heavy atom. The lowest BCUT2D eigenvalue weighted by Gasteiger charge is -2.22. The number of para-hydroxylation sites is 1. The van der Waals surface area contributed by atoms with Gasteiger partial charge in [-0.25, -0.2) is 9.59 Å². The summed E-state index contributed by atoms with van der Waals surface area (Å²) in [4.78, 5) is 37.7. The second-order valence-electron chi connectivity index (χ2n) is 11.0. The van der Waals surface area contributed by atoms with Crippen molar-refractivity contribution in [3.8, 4) is 0 Å². The van der Waals surface area contributed by atoms with E-state index in [4.69, 9.17) is 9.47 Å². The van der Waals surface area contributed by atoms with Crippen LogP contribution in [0, 0.1) is 10.1 Å². The first-order chi connectivity index (χ1) is 17.7. The van der Waals surface area contributed by atoms with E-state index in [2.05, 4.69) is 0 Å². The third kappa shape index (κ3) is 8.19. The van der Waals surface area contributed by atoms with Crippen LogP contribution in [0.25, 0.3) is 10.9 Å². The Morgan fingerprint density at radius 2 is 1.61 bits per heavy atom. The quantitative estimate of drug-likeness (QED) is 0.150. The first-order valence-electron chi connectivity index (χ1n) is 12.4. The molecule has 0 N–H and O–H groups in total. The third-order valence-electron chi connectivity index (χ3n) is 5.41. The highest BCUT2D eigenvalue weighted by Gasteiger charge is 2.21. The topological polar surface area (TPSA) is 104 Å². The first kappa shape index (κ1) is 28.4. The van der Waals surface area contributed by atoms with Crippen molar-refractivity contribution in [2.45, 2.75) is 65.7 Å². The Morgan fingerprint density at radius 1 is 0.974 bits per heavy atom. The molecule has 38 heavy (non-hydrogen) atoms. The average Bonchev–Trinajstić information content (AvgIpc) is 3.18. The zero-order valence-electron chi connectivity index (χ0n) is 22.8. The van der Waals surface area contributed by atoms with Crippen LogP contribution in [0.1, 0.15) is 52.7 Å². The number of nitrogens with zero attached hydrogens (tertiary/aromatic N) is 3. The van der Waals surface area contributed by atoms with Crippen LogP contribution in [0.15, 0.2) is 67.0 Å². The second kappa shape index (κ2) is 11.5. The number of carbonyl (C=O) groups excluding carboxylic acids is 2. The van der Waals surface area contributed by atoms with Crippen LogP contribution in [0.4, 0.5) is 10.5 Å². The van der Waals surface area contributed by atoms with Crippen molar-refractivity contribution in [3.05, 3.63) is 88.2 Å². The van der Waals surface area contributed by atoms with Gasteiger partial charge in [-0.15, -0.1) is 0 Å². The number of hydrogen-bond donors (Lipinski definition) is 0. The molecule has 0 amide bonds. The number of nitro groups is 1. The summed E-state index contributed by atoms with van der Waals surface area (Å²) in [6.07, 6.45) is 4.96. The van der Waals surface area contributed by atoms with Crippen molar-refractivity contribution in [3.63, 3.8) is 0 Å². The SMILES string of the molecule is CC(C)(C)OC(=O)/C=C/N(CCc1cn(C(=O)OC(C)(C)C)c2ccccc12)Cc1ccc([N+](=O)[O-])cc1. The number of hydrogen-bond acceptors (Lipinski definition) is 7. The molecule has 0 aliphatic heterocycles. The van der Waals surface area contributed by atoms with E-state index < -0.39 is 28.2 Å². The van der Waals surface area contributed by atoms with Gasteiger partial charge in [0.25, 0.3) is 5.69 Å². The Kier molecular flexibility index (Phi) is 8.60. The zero-order chi connectivity index (χ0) is 28.1. The molecule has 0 radical (unpaired) electrons. The number of non-ortho nitro benzene ring substituents is 1. The van der Waals surface area contributed by atoms with Gasteiger partial charge in [0.2, 0.25) is 0 Å². The largest absolute Gasteiger partial charge is 0.457 e. The van der Waals surface area contributed by atoms with Crippen LogP contribution in [0.5, 0.6) is 0 Å². The summed E-state index contributed by atoms with van der Waals surface area (Å²) in [6.45, 7) is 11.8. The van der Waals surface area contributed by atoms with Crippen molar-refractivity contribution in [2.24, 2.45) is 0 Å².